The van der Waals surface area contributed by atoms with Crippen LogP contribution in [0.3, 0.4) is 0 Å². The van der Waals surface area contributed by atoms with E-state index in [-0.39, 0.29) is 5.91 Å². The van der Waals surface area contributed by atoms with Gasteiger partial charge in [0.05, 0.1) is 11.8 Å². The molecule has 0 saturated heterocycles. The van der Waals surface area contributed by atoms with Gasteiger partial charge in [-0.25, -0.2) is 0 Å². The van der Waals surface area contributed by atoms with Crippen LogP contribution in [-0.2, 0) is 0 Å². The van der Waals surface area contributed by atoms with E-state index in [9.17, 15) is 4.79 Å². The number of amides is 1. The summed E-state index contributed by atoms with van der Waals surface area (Å²) < 4.78 is 0. The van der Waals surface area contributed by atoms with Crippen molar-refractivity contribution in [1.29, 1.82) is 0 Å². The molecule has 0 radical (unpaired) electrons. The number of carbonyl (C=O) groups excluding carboxylic acids is 1. The predicted molar refractivity (Wildman–Crippen MR) is 62.2 cm³/mol. The van der Waals surface area contributed by atoms with Gasteiger partial charge >= 0.3 is 0 Å². The zero-order chi connectivity index (χ0) is 11.4. The lowest BCUT2D eigenvalue weighted by Crippen LogP contribution is -2.41. The number of nitrogens with zero attached hydrogens (tertiary/aromatic N) is 2. The number of aromatic amines is 1. The maximum atomic E-state index is 12.2. The van der Waals surface area contributed by atoms with Gasteiger partial charge in [-0.15, -0.1) is 0 Å². The van der Waals surface area contributed by atoms with Crippen LogP contribution < -0.4 is 0 Å². The second-order valence-corrected chi connectivity index (χ2v) is 4.37. The summed E-state index contributed by atoms with van der Waals surface area (Å²) in [6, 6.07) is 0.432. The Labute approximate surface area is 96.0 Å². The molecule has 16 heavy (non-hydrogen) atoms. The van der Waals surface area contributed by atoms with E-state index in [1.807, 2.05) is 11.8 Å². The molecule has 88 valence electrons. The van der Waals surface area contributed by atoms with Crippen LogP contribution in [0.4, 0.5) is 0 Å². The van der Waals surface area contributed by atoms with Gasteiger partial charge in [0.15, 0.2) is 0 Å². The van der Waals surface area contributed by atoms with Gasteiger partial charge in [-0.05, 0) is 19.8 Å². The SMILES string of the molecule is CCN(C(=O)c1cn[nH]c1)C1CCCCC1. The summed E-state index contributed by atoms with van der Waals surface area (Å²) in [7, 11) is 0. The minimum absolute atomic E-state index is 0.114. The van der Waals surface area contributed by atoms with Crippen LogP contribution in [-0.4, -0.2) is 33.6 Å². The Morgan fingerprint density at radius 3 is 2.81 bits per heavy atom. The summed E-state index contributed by atoms with van der Waals surface area (Å²) in [5.74, 6) is 0.114. The molecule has 1 saturated carbocycles. The molecular weight excluding hydrogens is 202 g/mol. The third-order valence-corrected chi connectivity index (χ3v) is 3.36. The van der Waals surface area contributed by atoms with Crippen molar-refractivity contribution in [1.82, 2.24) is 15.1 Å². The standard InChI is InChI=1S/C12H19N3O/c1-2-15(11-6-4-3-5-7-11)12(16)10-8-13-14-9-10/h8-9,11H,2-7H2,1H3,(H,13,14). The first kappa shape index (κ1) is 11.2. The van der Waals surface area contributed by atoms with Gasteiger partial charge in [0.2, 0.25) is 0 Å². The third-order valence-electron chi connectivity index (χ3n) is 3.36. The zero-order valence-electron chi connectivity index (χ0n) is 9.78. The van der Waals surface area contributed by atoms with Crippen LogP contribution in [0.15, 0.2) is 12.4 Å². The van der Waals surface area contributed by atoms with Crippen molar-refractivity contribution in [3.05, 3.63) is 18.0 Å². The summed E-state index contributed by atoms with van der Waals surface area (Å²) in [6.45, 7) is 2.83. The molecule has 1 heterocycles. The number of aromatic nitrogens is 2. The molecule has 1 aliphatic rings. The largest absolute Gasteiger partial charge is 0.336 e. The Kier molecular flexibility index (Phi) is 3.59. The van der Waals surface area contributed by atoms with Crippen molar-refractivity contribution < 1.29 is 4.79 Å². The highest BCUT2D eigenvalue weighted by Gasteiger charge is 2.25. The Bertz CT molecular complexity index is 328. The van der Waals surface area contributed by atoms with E-state index in [0.29, 0.717) is 11.6 Å². The first-order valence-electron chi connectivity index (χ1n) is 6.12. The fraction of sp³-hybridized carbons (Fsp3) is 0.667. The van der Waals surface area contributed by atoms with Gasteiger partial charge in [0.1, 0.15) is 0 Å². The Morgan fingerprint density at radius 2 is 2.25 bits per heavy atom. The van der Waals surface area contributed by atoms with E-state index in [4.69, 9.17) is 0 Å². The van der Waals surface area contributed by atoms with E-state index in [1.165, 1.54) is 19.3 Å². The predicted octanol–water partition coefficient (Wildman–Crippen LogP) is 2.20. The Morgan fingerprint density at radius 1 is 1.50 bits per heavy atom. The topological polar surface area (TPSA) is 49.0 Å². The average Bonchev–Trinajstić information content (AvgIpc) is 2.85. The van der Waals surface area contributed by atoms with Gasteiger partial charge < -0.3 is 4.90 Å². The molecule has 1 fully saturated rings. The molecule has 1 N–H and O–H groups in total. The molecule has 1 aliphatic carbocycles. The third kappa shape index (κ3) is 2.26. The van der Waals surface area contributed by atoms with E-state index < -0.39 is 0 Å². The number of hydrogen-bond acceptors (Lipinski definition) is 2. The molecule has 0 atom stereocenters. The molecule has 0 aliphatic heterocycles. The number of hydrogen-bond donors (Lipinski definition) is 1. The van der Waals surface area contributed by atoms with Crippen LogP contribution in [0, 0.1) is 0 Å². The lowest BCUT2D eigenvalue weighted by atomic mass is 9.94. The lowest BCUT2D eigenvalue weighted by Gasteiger charge is -2.33. The van der Waals surface area contributed by atoms with Crippen molar-refractivity contribution >= 4 is 5.91 Å². The van der Waals surface area contributed by atoms with Crippen LogP contribution in [0.5, 0.6) is 0 Å². The number of H-pyrrole nitrogens is 1. The first-order valence-corrected chi connectivity index (χ1v) is 6.12. The van der Waals surface area contributed by atoms with Crippen LogP contribution in [0.1, 0.15) is 49.4 Å². The molecular formula is C12H19N3O. The van der Waals surface area contributed by atoms with Gasteiger partial charge in [0.25, 0.3) is 5.91 Å². The fourth-order valence-electron chi connectivity index (χ4n) is 2.49. The molecule has 1 amide bonds. The molecule has 0 aromatic carbocycles. The van der Waals surface area contributed by atoms with Crippen LogP contribution in [0.2, 0.25) is 0 Å². The van der Waals surface area contributed by atoms with Crippen molar-refractivity contribution in [2.45, 2.75) is 45.1 Å². The van der Waals surface area contributed by atoms with E-state index >= 15 is 0 Å². The second kappa shape index (κ2) is 5.14. The molecule has 1 aromatic rings. The van der Waals surface area contributed by atoms with Gasteiger partial charge in [-0.2, -0.15) is 5.10 Å². The van der Waals surface area contributed by atoms with E-state index in [1.54, 1.807) is 12.4 Å². The zero-order valence-corrected chi connectivity index (χ0v) is 9.78. The minimum Gasteiger partial charge on any atom is -0.336 e. The highest BCUT2D eigenvalue weighted by Crippen LogP contribution is 2.23. The van der Waals surface area contributed by atoms with E-state index in [2.05, 4.69) is 10.2 Å². The lowest BCUT2D eigenvalue weighted by molar-refractivity contribution is 0.0648. The summed E-state index contributed by atoms with van der Waals surface area (Å²) in [5, 5.41) is 6.53. The average molecular weight is 221 g/mol. The van der Waals surface area contributed by atoms with Gasteiger partial charge in [-0.1, -0.05) is 19.3 Å². The quantitative estimate of drug-likeness (QED) is 0.850. The van der Waals surface area contributed by atoms with Crippen LogP contribution in [0.25, 0.3) is 0 Å². The van der Waals surface area contributed by atoms with Crippen molar-refractivity contribution in [3.63, 3.8) is 0 Å². The molecule has 0 bridgehead atoms. The smallest absolute Gasteiger partial charge is 0.257 e. The fourth-order valence-corrected chi connectivity index (χ4v) is 2.49. The summed E-state index contributed by atoms with van der Waals surface area (Å²) in [4.78, 5) is 14.2. The van der Waals surface area contributed by atoms with Crippen molar-refractivity contribution in [3.8, 4) is 0 Å². The Hall–Kier alpha value is -1.32. The maximum absolute atomic E-state index is 12.2. The van der Waals surface area contributed by atoms with Crippen LogP contribution >= 0.6 is 0 Å². The molecule has 2 rings (SSSR count). The molecule has 4 heteroatoms. The molecule has 0 spiro atoms. The Balaban J connectivity index is 2.06. The maximum Gasteiger partial charge on any atom is 0.257 e. The number of carbonyl (C=O) groups is 1. The first-order chi connectivity index (χ1) is 7.83. The van der Waals surface area contributed by atoms with Crippen molar-refractivity contribution in [2.75, 3.05) is 6.54 Å². The molecule has 4 nitrogen and oxygen atoms in total. The highest BCUT2D eigenvalue weighted by molar-refractivity contribution is 5.93. The highest BCUT2D eigenvalue weighted by atomic mass is 16.2. The number of nitrogens with one attached hydrogen (secondary N) is 1. The number of rotatable bonds is 3. The van der Waals surface area contributed by atoms with Crippen molar-refractivity contribution in [2.24, 2.45) is 0 Å². The molecule has 1 aromatic heterocycles. The summed E-state index contributed by atoms with van der Waals surface area (Å²) in [6.07, 6.45) is 9.39. The normalized spacial score (nSPS) is 17.3. The van der Waals surface area contributed by atoms with Gasteiger partial charge in [0, 0.05) is 18.8 Å². The minimum atomic E-state index is 0.114. The van der Waals surface area contributed by atoms with Gasteiger partial charge in [-0.3, -0.25) is 9.89 Å². The van der Waals surface area contributed by atoms with E-state index in [0.717, 1.165) is 19.4 Å². The summed E-state index contributed by atoms with van der Waals surface area (Å²) >= 11 is 0. The second-order valence-electron chi connectivity index (χ2n) is 4.37. The molecule has 0 unspecified atom stereocenters. The monoisotopic (exact) mass is 221 g/mol. The summed E-state index contributed by atoms with van der Waals surface area (Å²) in [5.41, 5.74) is 0.674.